The highest BCUT2D eigenvalue weighted by molar-refractivity contribution is 6.00. The SMILES string of the molecule is CCCCCc1ccc(/C(C)=N/NC(=O)c2n[nH]c3c2CCCC3)cc1. The van der Waals surface area contributed by atoms with Crippen molar-refractivity contribution in [1.82, 2.24) is 15.6 Å². The Labute approximate surface area is 155 Å². The second-order valence-corrected chi connectivity index (χ2v) is 7.03. The molecule has 0 fully saturated rings. The Balaban J connectivity index is 1.61. The van der Waals surface area contributed by atoms with E-state index in [0.29, 0.717) is 5.69 Å². The first-order valence-corrected chi connectivity index (χ1v) is 9.69. The van der Waals surface area contributed by atoms with Crippen molar-refractivity contribution in [3.8, 4) is 0 Å². The van der Waals surface area contributed by atoms with Gasteiger partial charge in [0.15, 0.2) is 5.69 Å². The lowest BCUT2D eigenvalue weighted by Gasteiger charge is -2.10. The number of benzene rings is 1. The Hall–Kier alpha value is -2.43. The monoisotopic (exact) mass is 352 g/mol. The van der Waals surface area contributed by atoms with Gasteiger partial charge in [-0.25, -0.2) is 5.43 Å². The van der Waals surface area contributed by atoms with Crippen LogP contribution in [0.2, 0.25) is 0 Å². The smallest absolute Gasteiger partial charge is 0.281 e. The first kappa shape index (κ1) is 18.4. The molecule has 0 saturated heterocycles. The fourth-order valence-electron chi connectivity index (χ4n) is 3.41. The number of rotatable bonds is 7. The lowest BCUT2D eigenvalue weighted by atomic mass is 9.96. The van der Waals surface area contributed by atoms with Crippen molar-refractivity contribution in [3.63, 3.8) is 0 Å². The standard InChI is InChI=1S/C21H28N4O/c1-3-4-5-8-16-11-13-17(14-12-16)15(2)22-25-21(26)20-18-9-6-7-10-19(18)23-24-20/h11-14H,3-10H2,1-2H3,(H,23,24)(H,25,26)/b22-15+. The van der Waals surface area contributed by atoms with E-state index in [4.69, 9.17) is 0 Å². The number of amides is 1. The van der Waals surface area contributed by atoms with Gasteiger partial charge in [0.2, 0.25) is 0 Å². The fourth-order valence-corrected chi connectivity index (χ4v) is 3.41. The molecule has 1 aromatic carbocycles. The molecule has 1 aliphatic rings. The number of hydrogen-bond acceptors (Lipinski definition) is 3. The molecule has 26 heavy (non-hydrogen) atoms. The number of carbonyl (C=O) groups is 1. The van der Waals surface area contributed by atoms with Gasteiger partial charge in [-0.2, -0.15) is 10.2 Å². The number of H-pyrrole nitrogens is 1. The van der Waals surface area contributed by atoms with Gasteiger partial charge in [0.25, 0.3) is 5.91 Å². The second kappa shape index (κ2) is 8.79. The van der Waals surface area contributed by atoms with Crippen LogP contribution in [0.25, 0.3) is 0 Å². The van der Waals surface area contributed by atoms with Crippen molar-refractivity contribution in [3.05, 3.63) is 52.3 Å². The van der Waals surface area contributed by atoms with Crippen molar-refractivity contribution in [2.45, 2.75) is 65.2 Å². The molecule has 138 valence electrons. The summed E-state index contributed by atoms with van der Waals surface area (Å²) in [6.07, 6.45) is 9.01. The van der Waals surface area contributed by atoms with Gasteiger partial charge >= 0.3 is 0 Å². The van der Waals surface area contributed by atoms with E-state index >= 15 is 0 Å². The summed E-state index contributed by atoms with van der Waals surface area (Å²) in [7, 11) is 0. The molecular formula is C21H28N4O. The zero-order valence-electron chi connectivity index (χ0n) is 15.8. The molecule has 2 aromatic rings. The molecule has 5 nitrogen and oxygen atoms in total. The van der Waals surface area contributed by atoms with Crippen LogP contribution in [-0.4, -0.2) is 21.8 Å². The lowest BCUT2D eigenvalue weighted by Crippen LogP contribution is -2.21. The van der Waals surface area contributed by atoms with Crippen molar-refractivity contribution >= 4 is 11.6 Å². The lowest BCUT2D eigenvalue weighted by molar-refractivity contribution is 0.0948. The molecule has 1 heterocycles. The molecule has 3 rings (SSSR count). The molecule has 1 aromatic heterocycles. The number of aromatic nitrogens is 2. The first-order chi connectivity index (χ1) is 12.7. The van der Waals surface area contributed by atoms with Crippen molar-refractivity contribution in [2.24, 2.45) is 5.10 Å². The van der Waals surface area contributed by atoms with Crippen LogP contribution in [0.4, 0.5) is 0 Å². The summed E-state index contributed by atoms with van der Waals surface area (Å²) in [6.45, 7) is 4.13. The molecule has 0 unspecified atom stereocenters. The minimum atomic E-state index is -0.236. The minimum absolute atomic E-state index is 0.236. The number of aromatic amines is 1. The minimum Gasteiger partial charge on any atom is -0.281 e. The highest BCUT2D eigenvalue weighted by atomic mass is 16.2. The highest BCUT2D eigenvalue weighted by Gasteiger charge is 2.21. The number of aryl methyl sites for hydroxylation is 2. The van der Waals surface area contributed by atoms with Gasteiger partial charge in [-0.1, -0.05) is 44.0 Å². The van der Waals surface area contributed by atoms with E-state index in [0.717, 1.165) is 54.6 Å². The van der Waals surface area contributed by atoms with Gasteiger partial charge in [-0.05, 0) is 56.6 Å². The van der Waals surface area contributed by atoms with E-state index in [9.17, 15) is 4.79 Å². The summed E-state index contributed by atoms with van der Waals surface area (Å²) in [5, 5.41) is 11.5. The molecule has 0 aliphatic heterocycles. The summed E-state index contributed by atoms with van der Waals surface area (Å²) in [5.74, 6) is -0.236. The Kier molecular flexibility index (Phi) is 6.21. The number of nitrogens with zero attached hydrogens (tertiary/aromatic N) is 2. The summed E-state index contributed by atoms with van der Waals surface area (Å²) < 4.78 is 0. The average molecular weight is 352 g/mol. The van der Waals surface area contributed by atoms with Crippen LogP contribution in [-0.2, 0) is 19.3 Å². The molecule has 0 saturated carbocycles. The molecule has 0 spiro atoms. The maximum absolute atomic E-state index is 12.4. The van der Waals surface area contributed by atoms with E-state index in [1.54, 1.807) is 0 Å². The van der Waals surface area contributed by atoms with E-state index < -0.39 is 0 Å². The van der Waals surface area contributed by atoms with Crippen molar-refractivity contribution < 1.29 is 4.79 Å². The van der Waals surface area contributed by atoms with Crippen LogP contribution in [0.3, 0.4) is 0 Å². The van der Waals surface area contributed by atoms with E-state index in [2.05, 4.69) is 51.9 Å². The first-order valence-electron chi connectivity index (χ1n) is 9.69. The van der Waals surface area contributed by atoms with E-state index in [-0.39, 0.29) is 5.91 Å². The fraction of sp³-hybridized carbons (Fsp3) is 0.476. The van der Waals surface area contributed by atoms with Gasteiger partial charge in [-0.3, -0.25) is 9.89 Å². The Morgan fingerprint density at radius 3 is 2.73 bits per heavy atom. The molecule has 0 bridgehead atoms. The van der Waals surface area contributed by atoms with Crippen LogP contribution < -0.4 is 5.43 Å². The van der Waals surface area contributed by atoms with Gasteiger partial charge in [-0.15, -0.1) is 0 Å². The van der Waals surface area contributed by atoms with E-state index in [1.165, 1.54) is 24.8 Å². The predicted octanol–water partition coefficient (Wildman–Crippen LogP) is 4.18. The summed E-state index contributed by atoms with van der Waals surface area (Å²) in [4.78, 5) is 12.4. The van der Waals surface area contributed by atoms with Crippen LogP contribution in [0, 0.1) is 0 Å². The Morgan fingerprint density at radius 1 is 1.19 bits per heavy atom. The molecule has 1 amide bonds. The van der Waals surface area contributed by atoms with Crippen LogP contribution in [0.15, 0.2) is 29.4 Å². The third-order valence-corrected chi connectivity index (χ3v) is 5.04. The maximum Gasteiger partial charge on any atom is 0.292 e. The van der Waals surface area contributed by atoms with Gasteiger partial charge in [0.1, 0.15) is 0 Å². The maximum atomic E-state index is 12.4. The molecule has 0 radical (unpaired) electrons. The molecule has 5 heteroatoms. The van der Waals surface area contributed by atoms with Gasteiger partial charge < -0.3 is 0 Å². The molecule has 2 N–H and O–H groups in total. The molecule has 1 aliphatic carbocycles. The quantitative estimate of drug-likeness (QED) is 0.446. The largest absolute Gasteiger partial charge is 0.292 e. The Morgan fingerprint density at radius 2 is 1.96 bits per heavy atom. The number of fused-ring (bicyclic) bond motifs is 1. The molecule has 0 atom stereocenters. The van der Waals surface area contributed by atoms with Crippen LogP contribution in [0.5, 0.6) is 0 Å². The zero-order valence-corrected chi connectivity index (χ0v) is 15.8. The molecular weight excluding hydrogens is 324 g/mol. The number of unbranched alkanes of at least 4 members (excludes halogenated alkanes) is 2. The van der Waals surface area contributed by atoms with Gasteiger partial charge in [0.05, 0.1) is 5.71 Å². The van der Waals surface area contributed by atoms with Gasteiger partial charge in [0, 0.05) is 11.3 Å². The third-order valence-electron chi connectivity index (χ3n) is 5.04. The van der Waals surface area contributed by atoms with Crippen LogP contribution in [0.1, 0.15) is 78.8 Å². The van der Waals surface area contributed by atoms with Crippen LogP contribution >= 0.6 is 0 Å². The predicted molar refractivity (Wildman–Crippen MR) is 105 cm³/mol. The third kappa shape index (κ3) is 4.40. The zero-order chi connectivity index (χ0) is 18.4. The number of nitrogens with one attached hydrogen (secondary N) is 2. The summed E-state index contributed by atoms with van der Waals surface area (Å²) in [6, 6.07) is 8.44. The van der Waals surface area contributed by atoms with Crippen molar-refractivity contribution in [2.75, 3.05) is 0 Å². The van der Waals surface area contributed by atoms with Crippen molar-refractivity contribution in [1.29, 1.82) is 0 Å². The summed E-state index contributed by atoms with van der Waals surface area (Å²) >= 11 is 0. The number of hydrazone groups is 1. The highest BCUT2D eigenvalue weighted by Crippen LogP contribution is 2.22. The number of hydrogen-bond donors (Lipinski definition) is 2. The normalized spacial score (nSPS) is 14.2. The average Bonchev–Trinajstić information content (AvgIpc) is 3.11. The second-order valence-electron chi connectivity index (χ2n) is 7.03. The number of carbonyl (C=O) groups excluding carboxylic acids is 1. The topological polar surface area (TPSA) is 70.1 Å². The summed E-state index contributed by atoms with van der Waals surface area (Å²) in [5.41, 5.74) is 8.46. The van der Waals surface area contributed by atoms with E-state index in [1.807, 2.05) is 6.92 Å². The Bertz CT molecular complexity index is 774.